The van der Waals surface area contributed by atoms with Crippen LogP contribution in [0.3, 0.4) is 0 Å². The molecule has 1 amide bonds. The number of aromatic nitrogens is 4. The highest BCUT2D eigenvalue weighted by Gasteiger charge is 2.31. The van der Waals surface area contributed by atoms with Crippen molar-refractivity contribution >= 4 is 33.7 Å². The first-order valence-corrected chi connectivity index (χ1v) is 11.9. The lowest BCUT2D eigenvalue weighted by Gasteiger charge is -2.13. The van der Waals surface area contributed by atoms with Crippen LogP contribution in [0.15, 0.2) is 60.8 Å². The van der Waals surface area contributed by atoms with Crippen LogP contribution in [-0.4, -0.2) is 25.0 Å². The summed E-state index contributed by atoms with van der Waals surface area (Å²) in [7, 11) is 0. The zero-order chi connectivity index (χ0) is 25.7. The zero-order valence-corrected chi connectivity index (χ0v) is 19.5. The van der Waals surface area contributed by atoms with E-state index >= 15 is 0 Å². The van der Waals surface area contributed by atoms with Crippen molar-refractivity contribution in [1.29, 1.82) is 0 Å². The third kappa shape index (κ3) is 4.32. The number of benzene rings is 2. The number of alkyl halides is 3. The molecule has 1 aliphatic rings. The summed E-state index contributed by atoms with van der Waals surface area (Å²) in [6.45, 7) is 0.949. The number of aryl methyl sites for hydroxylation is 2. The summed E-state index contributed by atoms with van der Waals surface area (Å²) in [6.07, 6.45) is 0.0265. The van der Waals surface area contributed by atoms with Crippen LogP contribution in [0.4, 0.5) is 23.2 Å². The van der Waals surface area contributed by atoms with E-state index in [4.69, 9.17) is 0 Å². The van der Waals surface area contributed by atoms with Crippen molar-refractivity contribution in [3.8, 4) is 0 Å². The molecule has 6 nitrogen and oxygen atoms in total. The Morgan fingerprint density at radius 1 is 1.05 bits per heavy atom. The molecular formula is C27H21F4N5O. The van der Waals surface area contributed by atoms with Crippen LogP contribution in [0.2, 0.25) is 0 Å². The van der Waals surface area contributed by atoms with E-state index in [1.807, 2.05) is 0 Å². The molecule has 1 N–H and O–H groups in total. The summed E-state index contributed by atoms with van der Waals surface area (Å²) >= 11 is 0. The Labute approximate surface area is 208 Å². The minimum absolute atomic E-state index is 0.0976. The van der Waals surface area contributed by atoms with Crippen molar-refractivity contribution in [2.45, 2.75) is 38.5 Å². The van der Waals surface area contributed by atoms with E-state index in [1.165, 1.54) is 24.3 Å². The van der Waals surface area contributed by atoms with Gasteiger partial charge in [0.05, 0.1) is 17.4 Å². The maximum absolute atomic E-state index is 13.8. The van der Waals surface area contributed by atoms with Crippen LogP contribution < -0.4 is 5.32 Å². The summed E-state index contributed by atoms with van der Waals surface area (Å²) < 4.78 is 57.5. The lowest BCUT2D eigenvalue weighted by Crippen LogP contribution is -2.17. The number of carbonyl (C=O) groups is 1. The molecule has 0 aliphatic carbocycles. The van der Waals surface area contributed by atoms with Crippen LogP contribution >= 0.6 is 0 Å². The number of hydrogen-bond acceptors (Lipinski definition) is 3. The topological polar surface area (TPSA) is 64.7 Å². The molecular weight excluding hydrogens is 486 g/mol. The number of pyridine rings is 1. The second-order valence-corrected chi connectivity index (χ2v) is 9.17. The monoisotopic (exact) mass is 507 g/mol. The number of hydrogen-bond donors (Lipinski definition) is 1. The van der Waals surface area contributed by atoms with Crippen molar-refractivity contribution < 1.29 is 22.4 Å². The van der Waals surface area contributed by atoms with Gasteiger partial charge in [0.25, 0.3) is 5.91 Å². The minimum Gasteiger partial charge on any atom is -0.332 e. The number of fused-ring (bicyclic) bond motifs is 4. The molecule has 188 valence electrons. The van der Waals surface area contributed by atoms with E-state index < -0.39 is 23.5 Å². The largest absolute Gasteiger partial charge is 0.416 e. The van der Waals surface area contributed by atoms with Gasteiger partial charge in [-0.3, -0.25) is 4.79 Å². The van der Waals surface area contributed by atoms with Crippen molar-refractivity contribution in [1.82, 2.24) is 19.1 Å². The lowest BCUT2D eigenvalue weighted by molar-refractivity contribution is -0.137. The molecule has 0 atom stereocenters. The summed E-state index contributed by atoms with van der Waals surface area (Å²) in [5, 5.41) is 3.06. The molecule has 5 aromatic rings. The molecule has 0 fully saturated rings. The fraction of sp³-hybridized carbons (Fsp3) is 0.222. The summed E-state index contributed by atoms with van der Waals surface area (Å²) in [4.78, 5) is 22.5. The van der Waals surface area contributed by atoms with Gasteiger partial charge in [0.15, 0.2) is 5.65 Å². The highest BCUT2D eigenvalue weighted by molar-refractivity contribution is 6.07. The van der Waals surface area contributed by atoms with Gasteiger partial charge < -0.3 is 14.5 Å². The normalized spacial score (nSPS) is 13.7. The predicted octanol–water partition coefficient (Wildman–Crippen LogP) is 6.18. The van der Waals surface area contributed by atoms with E-state index in [9.17, 15) is 22.4 Å². The molecule has 2 aromatic carbocycles. The zero-order valence-electron chi connectivity index (χ0n) is 19.5. The first-order valence-electron chi connectivity index (χ1n) is 11.9. The van der Waals surface area contributed by atoms with Gasteiger partial charge in [0.2, 0.25) is 0 Å². The van der Waals surface area contributed by atoms with Gasteiger partial charge >= 0.3 is 6.18 Å². The van der Waals surface area contributed by atoms with E-state index in [0.717, 1.165) is 49.4 Å². The second-order valence-electron chi connectivity index (χ2n) is 9.17. The van der Waals surface area contributed by atoms with Gasteiger partial charge in [0.1, 0.15) is 22.9 Å². The first kappa shape index (κ1) is 23.2. The Morgan fingerprint density at radius 3 is 2.73 bits per heavy atom. The summed E-state index contributed by atoms with van der Waals surface area (Å²) in [6, 6.07) is 12.3. The maximum Gasteiger partial charge on any atom is 0.416 e. The van der Waals surface area contributed by atoms with Gasteiger partial charge in [-0.2, -0.15) is 13.2 Å². The maximum atomic E-state index is 13.8. The molecule has 4 heterocycles. The van der Waals surface area contributed by atoms with Gasteiger partial charge in [-0.15, -0.1) is 0 Å². The highest BCUT2D eigenvalue weighted by atomic mass is 19.4. The van der Waals surface area contributed by atoms with E-state index in [2.05, 4.69) is 19.9 Å². The van der Waals surface area contributed by atoms with E-state index in [1.54, 1.807) is 29.0 Å². The number of nitrogens with one attached hydrogen (secondary N) is 1. The van der Waals surface area contributed by atoms with Crippen LogP contribution in [-0.2, 0) is 25.7 Å². The molecule has 37 heavy (non-hydrogen) atoms. The molecule has 3 aromatic heterocycles. The fourth-order valence-electron chi connectivity index (χ4n) is 4.92. The molecule has 0 unspecified atom stereocenters. The number of imidazole rings is 1. The molecule has 0 saturated carbocycles. The predicted molar refractivity (Wildman–Crippen MR) is 131 cm³/mol. The number of rotatable bonds is 4. The quantitative estimate of drug-likeness (QED) is 0.296. The number of halogens is 4. The van der Waals surface area contributed by atoms with E-state index in [-0.39, 0.29) is 17.6 Å². The Hall–Kier alpha value is -4.21. The summed E-state index contributed by atoms with van der Waals surface area (Å²) in [5.41, 5.74) is 2.18. The number of nitrogens with zero attached hydrogens (tertiary/aromatic N) is 4. The van der Waals surface area contributed by atoms with Crippen LogP contribution in [0.1, 0.15) is 40.3 Å². The van der Waals surface area contributed by atoms with Crippen molar-refractivity contribution in [2.24, 2.45) is 0 Å². The molecule has 10 heteroatoms. The molecule has 0 spiro atoms. The number of amides is 1. The third-order valence-electron chi connectivity index (χ3n) is 6.64. The van der Waals surface area contributed by atoms with Crippen LogP contribution in [0, 0.1) is 5.82 Å². The first-order chi connectivity index (χ1) is 17.8. The highest BCUT2D eigenvalue weighted by Crippen LogP contribution is 2.33. The lowest BCUT2D eigenvalue weighted by atomic mass is 10.1. The van der Waals surface area contributed by atoms with Crippen molar-refractivity contribution in [3.05, 3.63) is 89.3 Å². The Bertz CT molecular complexity index is 1670. The Morgan fingerprint density at radius 2 is 1.92 bits per heavy atom. The number of carbonyl (C=O) groups excluding carboxylic acids is 1. The van der Waals surface area contributed by atoms with Crippen molar-refractivity contribution in [3.63, 3.8) is 0 Å². The van der Waals surface area contributed by atoms with Gasteiger partial charge in [-0.25, -0.2) is 14.4 Å². The van der Waals surface area contributed by atoms with Gasteiger partial charge in [-0.1, -0.05) is 12.1 Å². The second kappa shape index (κ2) is 8.72. The average Bonchev–Trinajstić information content (AvgIpc) is 3.41. The molecule has 0 radical (unpaired) electrons. The van der Waals surface area contributed by atoms with Crippen molar-refractivity contribution in [2.75, 3.05) is 5.32 Å². The smallest absolute Gasteiger partial charge is 0.332 e. The Kier molecular flexibility index (Phi) is 5.47. The molecule has 0 bridgehead atoms. The fourth-order valence-corrected chi connectivity index (χ4v) is 4.92. The van der Waals surface area contributed by atoms with Crippen LogP contribution in [0.25, 0.3) is 22.1 Å². The van der Waals surface area contributed by atoms with Gasteiger partial charge in [-0.05, 0) is 60.9 Å². The third-order valence-corrected chi connectivity index (χ3v) is 6.64. The van der Waals surface area contributed by atoms with Gasteiger partial charge in [0, 0.05) is 30.4 Å². The number of anilines is 1. The summed E-state index contributed by atoms with van der Waals surface area (Å²) in [5.74, 6) is 0.000612. The SMILES string of the molecule is O=C(Nc1cnc2c(c1)nc1n2CCCC1)c1cc2cc(C(F)(F)F)ccc2n1Cc1cccc(F)c1. The average molecular weight is 507 g/mol. The minimum atomic E-state index is -4.52. The Balaban J connectivity index is 1.38. The molecule has 0 saturated heterocycles. The molecule has 6 rings (SSSR count). The van der Waals surface area contributed by atoms with E-state index in [0.29, 0.717) is 22.3 Å². The standard InChI is InChI=1S/C27H21F4N5O/c28-19-5-3-4-16(10-19)15-36-22-8-7-18(27(29,30)31)11-17(22)12-23(36)26(37)33-20-13-21-25(32-14-20)35-9-2-1-6-24(35)34-21/h3-5,7-8,10-14H,1-2,6,9,15H2,(H,33,37). The molecule has 1 aliphatic heterocycles. The van der Waals surface area contributed by atoms with Crippen LogP contribution in [0.5, 0.6) is 0 Å².